The van der Waals surface area contributed by atoms with Crippen LogP contribution in [0, 0.1) is 23.4 Å². The monoisotopic (exact) mass is 432 g/mol. The smallest absolute Gasteiger partial charge is 0.200 e. The predicted molar refractivity (Wildman–Crippen MR) is 118 cm³/mol. The summed E-state index contributed by atoms with van der Waals surface area (Å²) in [6, 6.07) is 8.18. The second kappa shape index (κ2) is 11.3. The average Bonchev–Trinajstić information content (AvgIpc) is 2.78. The number of hydrogen-bond donors (Lipinski definition) is 0. The first kappa shape index (κ1) is 23.2. The van der Waals surface area contributed by atoms with Gasteiger partial charge in [-0.05, 0) is 80.2 Å². The van der Waals surface area contributed by atoms with Crippen molar-refractivity contribution in [3.8, 4) is 11.5 Å². The molecule has 0 spiro atoms. The number of halogens is 3. The van der Waals surface area contributed by atoms with E-state index in [1.54, 1.807) is 19.1 Å². The largest absolute Gasteiger partial charge is 0.491 e. The number of hydrogen-bond acceptors (Lipinski definition) is 2. The molecule has 3 rings (SSSR count). The molecule has 0 saturated heterocycles. The molecule has 2 nitrogen and oxygen atoms in total. The average molecular weight is 433 g/mol. The molecular weight excluding hydrogens is 401 g/mol. The highest BCUT2D eigenvalue weighted by molar-refractivity contribution is 5.51. The van der Waals surface area contributed by atoms with Crippen LogP contribution in [0.4, 0.5) is 13.2 Å². The minimum atomic E-state index is -0.898. The van der Waals surface area contributed by atoms with Crippen molar-refractivity contribution in [2.75, 3.05) is 13.2 Å². The normalized spacial score (nSPS) is 19.0. The first-order chi connectivity index (χ1) is 15.0. The predicted octanol–water partition coefficient (Wildman–Crippen LogP) is 7.67. The summed E-state index contributed by atoms with van der Waals surface area (Å²) in [7, 11) is 0. The van der Waals surface area contributed by atoms with Crippen LogP contribution in [0.5, 0.6) is 11.5 Å². The molecule has 31 heavy (non-hydrogen) atoms. The molecule has 1 aliphatic carbocycles. The molecule has 0 unspecified atom stereocenters. The number of allylic oxidation sites excluding steroid dienone is 1. The zero-order chi connectivity index (χ0) is 22.2. The quantitative estimate of drug-likeness (QED) is 0.379. The Morgan fingerprint density at radius 1 is 0.903 bits per heavy atom. The third-order valence-corrected chi connectivity index (χ3v) is 5.86. The van der Waals surface area contributed by atoms with E-state index in [0.717, 1.165) is 44.1 Å². The van der Waals surface area contributed by atoms with Crippen molar-refractivity contribution in [1.82, 2.24) is 0 Å². The fourth-order valence-corrected chi connectivity index (χ4v) is 4.06. The summed E-state index contributed by atoms with van der Waals surface area (Å²) in [5, 5.41) is 0. The van der Waals surface area contributed by atoms with E-state index in [-0.39, 0.29) is 23.2 Å². The van der Waals surface area contributed by atoms with Gasteiger partial charge in [0.15, 0.2) is 23.1 Å². The highest BCUT2D eigenvalue weighted by atomic mass is 19.2. The Bertz CT molecular complexity index is 886. The maximum atomic E-state index is 14.5. The zero-order valence-electron chi connectivity index (χ0n) is 18.3. The molecule has 0 aliphatic heterocycles. The van der Waals surface area contributed by atoms with Crippen molar-refractivity contribution in [2.24, 2.45) is 5.92 Å². The Labute approximate surface area is 183 Å². The second-order valence-corrected chi connectivity index (χ2v) is 8.08. The maximum Gasteiger partial charge on any atom is 0.200 e. The lowest BCUT2D eigenvalue weighted by Gasteiger charge is -2.27. The van der Waals surface area contributed by atoms with E-state index in [4.69, 9.17) is 9.47 Å². The highest BCUT2D eigenvalue weighted by Gasteiger charge is 2.25. The van der Waals surface area contributed by atoms with E-state index in [0.29, 0.717) is 24.7 Å². The van der Waals surface area contributed by atoms with Crippen LogP contribution in [-0.4, -0.2) is 13.2 Å². The van der Waals surface area contributed by atoms with Crippen molar-refractivity contribution in [2.45, 2.75) is 58.3 Å². The molecule has 0 amide bonds. The van der Waals surface area contributed by atoms with Crippen molar-refractivity contribution in [1.29, 1.82) is 0 Å². The van der Waals surface area contributed by atoms with Gasteiger partial charge in [0.25, 0.3) is 0 Å². The Morgan fingerprint density at radius 3 is 2.32 bits per heavy atom. The number of rotatable bonds is 9. The topological polar surface area (TPSA) is 18.5 Å². The van der Waals surface area contributed by atoms with E-state index in [2.05, 4.69) is 13.0 Å². The number of ether oxygens (including phenoxy) is 2. The first-order valence-corrected chi connectivity index (χ1v) is 11.2. The molecule has 0 heterocycles. The van der Waals surface area contributed by atoms with Crippen LogP contribution >= 0.6 is 0 Å². The summed E-state index contributed by atoms with van der Waals surface area (Å²) >= 11 is 0. The van der Waals surface area contributed by atoms with E-state index in [1.807, 2.05) is 12.1 Å². The third kappa shape index (κ3) is 6.05. The molecule has 5 heteroatoms. The van der Waals surface area contributed by atoms with Crippen LogP contribution in [0.3, 0.4) is 0 Å². The summed E-state index contributed by atoms with van der Waals surface area (Å²) in [4.78, 5) is 0. The maximum absolute atomic E-state index is 14.5. The standard InChI is InChI=1S/C26H31F3O2/c1-3-5-16-31-23-14-10-19(17-22(23)27)7-6-18-8-11-20(12-9-18)21-13-15-24(30-4-2)26(29)25(21)28/h6-7,10,13-15,17-18,20H,3-5,8-9,11-12,16H2,1-2H3/b7-6+. The Balaban J connectivity index is 1.56. The summed E-state index contributed by atoms with van der Waals surface area (Å²) in [5.41, 5.74) is 1.23. The fourth-order valence-electron chi connectivity index (χ4n) is 4.06. The van der Waals surface area contributed by atoms with Crippen LogP contribution in [0.2, 0.25) is 0 Å². The summed E-state index contributed by atoms with van der Waals surface area (Å²) in [6.07, 6.45) is 9.28. The van der Waals surface area contributed by atoms with Crippen LogP contribution < -0.4 is 9.47 Å². The van der Waals surface area contributed by atoms with Gasteiger partial charge in [-0.3, -0.25) is 0 Å². The molecule has 2 aromatic rings. The van der Waals surface area contributed by atoms with Gasteiger partial charge < -0.3 is 9.47 Å². The van der Waals surface area contributed by atoms with Gasteiger partial charge in [-0.15, -0.1) is 0 Å². The van der Waals surface area contributed by atoms with Gasteiger partial charge >= 0.3 is 0 Å². The van der Waals surface area contributed by atoms with Gasteiger partial charge in [0.1, 0.15) is 0 Å². The minimum absolute atomic E-state index is 0.00632. The van der Waals surface area contributed by atoms with Gasteiger partial charge in [-0.25, -0.2) is 8.78 Å². The SMILES string of the molecule is CCCCOc1ccc(/C=C/C2CCC(c3ccc(OCC)c(F)c3F)CC2)cc1F. The molecule has 1 fully saturated rings. The van der Waals surface area contributed by atoms with Gasteiger partial charge in [-0.2, -0.15) is 4.39 Å². The summed E-state index contributed by atoms with van der Waals surface area (Å²) in [6.45, 7) is 4.62. The molecule has 0 bridgehead atoms. The van der Waals surface area contributed by atoms with Gasteiger partial charge in [0.05, 0.1) is 13.2 Å². The molecule has 0 N–H and O–H groups in total. The van der Waals surface area contributed by atoms with E-state index in [1.165, 1.54) is 12.1 Å². The first-order valence-electron chi connectivity index (χ1n) is 11.2. The van der Waals surface area contributed by atoms with E-state index >= 15 is 0 Å². The highest BCUT2D eigenvalue weighted by Crippen LogP contribution is 2.39. The minimum Gasteiger partial charge on any atom is -0.491 e. The number of unbranched alkanes of at least 4 members (excludes halogenated alkanes) is 1. The lowest BCUT2D eigenvalue weighted by molar-refractivity contribution is 0.294. The molecule has 1 saturated carbocycles. The van der Waals surface area contributed by atoms with Crippen molar-refractivity contribution < 1.29 is 22.6 Å². The number of benzene rings is 2. The van der Waals surface area contributed by atoms with Gasteiger partial charge in [0, 0.05) is 0 Å². The molecule has 168 valence electrons. The Hall–Kier alpha value is -2.43. The lowest BCUT2D eigenvalue weighted by atomic mass is 9.78. The van der Waals surface area contributed by atoms with Crippen molar-refractivity contribution >= 4 is 6.08 Å². The molecule has 0 radical (unpaired) electrons. The molecule has 0 atom stereocenters. The lowest BCUT2D eigenvalue weighted by Crippen LogP contribution is -2.14. The second-order valence-electron chi connectivity index (χ2n) is 8.08. The van der Waals surface area contributed by atoms with E-state index < -0.39 is 11.6 Å². The van der Waals surface area contributed by atoms with Gasteiger partial charge in [0.2, 0.25) is 5.82 Å². The zero-order valence-corrected chi connectivity index (χ0v) is 18.3. The van der Waals surface area contributed by atoms with Crippen molar-refractivity contribution in [3.05, 3.63) is 65.0 Å². The molecule has 2 aromatic carbocycles. The van der Waals surface area contributed by atoms with Crippen LogP contribution in [0.1, 0.15) is 69.4 Å². The Kier molecular flexibility index (Phi) is 8.44. The van der Waals surface area contributed by atoms with Crippen LogP contribution in [-0.2, 0) is 0 Å². The molecule has 0 aromatic heterocycles. The van der Waals surface area contributed by atoms with Crippen LogP contribution in [0.15, 0.2) is 36.4 Å². The Morgan fingerprint density at radius 2 is 1.65 bits per heavy atom. The molecule has 1 aliphatic rings. The van der Waals surface area contributed by atoms with Gasteiger partial charge in [-0.1, -0.05) is 37.6 Å². The fraction of sp³-hybridized carbons (Fsp3) is 0.462. The summed E-state index contributed by atoms with van der Waals surface area (Å²) < 4.78 is 53.5. The summed E-state index contributed by atoms with van der Waals surface area (Å²) in [5.74, 6) is -1.44. The van der Waals surface area contributed by atoms with Crippen molar-refractivity contribution in [3.63, 3.8) is 0 Å². The molecular formula is C26H31F3O2. The third-order valence-electron chi connectivity index (χ3n) is 5.86. The van der Waals surface area contributed by atoms with Crippen LogP contribution in [0.25, 0.3) is 6.08 Å². The van der Waals surface area contributed by atoms with E-state index in [9.17, 15) is 13.2 Å².